The third-order valence-corrected chi connectivity index (χ3v) is 5.18. The van der Waals surface area contributed by atoms with Gasteiger partial charge in [-0.2, -0.15) is 5.26 Å². The SMILES string of the molecule is CCOC(=O)C1=C(C)OC(N)=C(C#N)C1c1ccc(OCc2cccc(C)c2)c(OCC)c1. The van der Waals surface area contributed by atoms with Crippen molar-refractivity contribution in [3.05, 3.63) is 81.9 Å². The van der Waals surface area contributed by atoms with E-state index in [1.807, 2.05) is 32.0 Å². The zero-order chi connectivity index (χ0) is 24.0. The van der Waals surface area contributed by atoms with Gasteiger partial charge in [0, 0.05) is 0 Å². The van der Waals surface area contributed by atoms with E-state index in [4.69, 9.17) is 24.7 Å². The number of rotatable bonds is 8. The second-order valence-corrected chi connectivity index (χ2v) is 7.53. The summed E-state index contributed by atoms with van der Waals surface area (Å²) in [6, 6.07) is 15.5. The second-order valence-electron chi connectivity index (χ2n) is 7.53. The van der Waals surface area contributed by atoms with Crippen molar-refractivity contribution in [3.63, 3.8) is 0 Å². The Labute approximate surface area is 194 Å². The summed E-state index contributed by atoms with van der Waals surface area (Å²) in [4.78, 5) is 12.7. The van der Waals surface area contributed by atoms with Crippen molar-refractivity contribution in [2.45, 2.75) is 40.2 Å². The fourth-order valence-corrected chi connectivity index (χ4v) is 3.74. The first-order valence-corrected chi connectivity index (χ1v) is 10.8. The van der Waals surface area contributed by atoms with Crippen LogP contribution >= 0.6 is 0 Å². The Morgan fingerprint density at radius 1 is 1.09 bits per heavy atom. The molecule has 0 aromatic heterocycles. The Hall–Kier alpha value is -3.92. The van der Waals surface area contributed by atoms with Crippen molar-refractivity contribution in [1.29, 1.82) is 5.26 Å². The van der Waals surface area contributed by atoms with Crippen LogP contribution in [0.3, 0.4) is 0 Å². The highest BCUT2D eigenvalue weighted by molar-refractivity contribution is 5.92. The Kier molecular flexibility index (Phi) is 7.62. The van der Waals surface area contributed by atoms with Crippen LogP contribution in [0.25, 0.3) is 0 Å². The molecular formula is C26H28N2O5. The number of aryl methyl sites for hydroxylation is 1. The van der Waals surface area contributed by atoms with E-state index in [-0.39, 0.29) is 23.6 Å². The molecule has 1 aliphatic heterocycles. The molecule has 0 fully saturated rings. The summed E-state index contributed by atoms with van der Waals surface area (Å²) in [6.45, 7) is 8.24. The predicted molar refractivity (Wildman–Crippen MR) is 123 cm³/mol. The van der Waals surface area contributed by atoms with E-state index in [2.05, 4.69) is 12.1 Å². The molecule has 0 saturated carbocycles. The Morgan fingerprint density at radius 2 is 1.88 bits per heavy atom. The number of nitrogens with two attached hydrogens (primary N) is 1. The molecule has 1 atom stereocenters. The first-order valence-electron chi connectivity index (χ1n) is 10.8. The van der Waals surface area contributed by atoms with E-state index < -0.39 is 11.9 Å². The maximum absolute atomic E-state index is 12.7. The Balaban J connectivity index is 2.00. The molecule has 0 saturated heterocycles. The van der Waals surface area contributed by atoms with Gasteiger partial charge in [0.15, 0.2) is 11.5 Å². The van der Waals surface area contributed by atoms with Crippen LogP contribution in [0, 0.1) is 18.3 Å². The number of hydrogen-bond acceptors (Lipinski definition) is 7. The van der Waals surface area contributed by atoms with Crippen LogP contribution in [-0.4, -0.2) is 19.2 Å². The lowest BCUT2D eigenvalue weighted by Crippen LogP contribution is -2.25. The molecule has 0 amide bonds. The third-order valence-electron chi connectivity index (χ3n) is 5.18. The topological polar surface area (TPSA) is 104 Å². The smallest absolute Gasteiger partial charge is 0.338 e. The number of esters is 1. The van der Waals surface area contributed by atoms with Crippen LogP contribution in [0.4, 0.5) is 0 Å². The summed E-state index contributed by atoms with van der Waals surface area (Å²) in [5, 5.41) is 9.77. The van der Waals surface area contributed by atoms with Gasteiger partial charge in [-0.15, -0.1) is 0 Å². The zero-order valence-corrected chi connectivity index (χ0v) is 19.3. The molecule has 33 heavy (non-hydrogen) atoms. The van der Waals surface area contributed by atoms with Crippen molar-refractivity contribution in [2.24, 2.45) is 5.73 Å². The van der Waals surface area contributed by atoms with Crippen LogP contribution in [0.1, 0.15) is 43.4 Å². The third kappa shape index (κ3) is 5.29. The molecule has 0 aliphatic carbocycles. The average Bonchev–Trinajstić information content (AvgIpc) is 2.78. The lowest BCUT2D eigenvalue weighted by Gasteiger charge is -2.27. The summed E-state index contributed by atoms with van der Waals surface area (Å²) < 4.78 is 22.6. The molecule has 2 aromatic carbocycles. The largest absolute Gasteiger partial charge is 0.490 e. The lowest BCUT2D eigenvalue weighted by molar-refractivity contribution is -0.139. The monoisotopic (exact) mass is 448 g/mol. The molecule has 1 unspecified atom stereocenters. The molecule has 172 valence electrons. The molecule has 7 nitrogen and oxygen atoms in total. The van der Waals surface area contributed by atoms with Gasteiger partial charge in [0.05, 0.1) is 24.7 Å². The predicted octanol–water partition coefficient (Wildman–Crippen LogP) is 4.62. The van der Waals surface area contributed by atoms with Crippen molar-refractivity contribution < 1.29 is 23.7 Å². The first kappa shape index (κ1) is 23.7. The quantitative estimate of drug-likeness (QED) is 0.588. The zero-order valence-electron chi connectivity index (χ0n) is 19.3. The molecule has 0 radical (unpaired) electrons. The number of allylic oxidation sites excluding steroid dienone is 2. The number of ether oxygens (including phenoxy) is 4. The Morgan fingerprint density at radius 3 is 2.55 bits per heavy atom. The van der Waals surface area contributed by atoms with Gasteiger partial charge in [-0.3, -0.25) is 0 Å². The van der Waals surface area contributed by atoms with Gasteiger partial charge in [0.1, 0.15) is 24.0 Å². The van der Waals surface area contributed by atoms with Crippen LogP contribution in [0.15, 0.2) is 65.3 Å². The second kappa shape index (κ2) is 10.6. The van der Waals surface area contributed by atoms with Gasteiger partial charge in [-0.05, 0) is 51.0 Å². The highest BCUT2D eigenvalue weighted by Gasteiger charge is 2.36. The number of carbonyl (C=O) groups is 1. The summed E-state index contributed by atoms with van der Waals surface area (Å²) >= 11 is 0. The number of nitriles is 1. The lowest BCUT2D eigenvalue weighted by atomic mass is 9.83. The van der Waals surface area contributed by atoms with Crippen LogP contribution in [0.2, 0.25) is 0 Å². The molecule has 2 N–H and O–H groups in total. The fraction of sp³-hybridized carbons (Fsp3) is 0.308. The standard InChI is InChI=1S/C26H28N2O5/c1-5-30-22-13-19(10-11-21(22)32-15-18-9-7-8-16(3)12-18)24-20(14-27)25(28)33-17(4)23(24)26(29)31-6-2/h7-13,24H,5-6,15,28H2,1-4H3. The van der Waals surface area contributed by atoms with E-state index in [9.17, 15) is 10.1 Å². The summed E-state index contributed by atoms with van der Waals surface area (Å²) in [5.41, 5.74) is 9.20. The van der Waals surface area contributed by atoms with E-state index in [1.165, 1.54) is 0 Å². The van der Waals surface area contributed by atoms with Gasteiger partial charge in [0.25, 0.3) is 0 Å². The molecule has 0 spiro atoms. The molecule has 3 rings (SSSR count). The first-order chi connectivity index (χ1) is 15.9. The van der Waals surface area contributed by atoms with Gasteiger partial charge in [-0.25, -0.2) is 4.79 Å². The van der Waals surface area contributed by atoms with Crippen molar-refractivity contribution >= 4 is 5.97 Å². The van der Waals surface area contributed by atoms with E-state index in [0.717, 1.165) is 11.1 Å². The minimum absolute atomic E-state index is 0.0363. The van der Waals surface area contributed by atoms with Gasteiger partial charge >= 0.3 is 5.97 Å². The normalized spacial score (nSPS) is 15.5. The Bertz CT molecular complexity index is 1140. The maximum atomic E-state index is 12.7. The summed E-state index contributed by atoms with van der Waals surface area (Å²) in [7, 11) is 0. The van der Waals surface area contributed by atoms with Crippen LogP contribution in [0.5, 0.6) is 11.5 Å². The number of benzene rings is 2. The minimum Gasteiger partial charge on any atom is -0.490 e. The molecule has 7 heteroatoms. The van der Waals surface area contributed by atoms with Crippen molar-refractivity contribution in [1.82, 2.24) is 0 Å². The molecule has 0 bridgehead atoms. The number of hydrogen-bond donors (Lipinski definition) is 1. The molecule has 1 aliphatic rings. The highest BCUT2D eigenvalue weighted by atomic mass is 16.5. The molecule has 2 aromatic rings. The van der Waals surface area contributed by atoms with E-state index in [0.29, 0.717) is 36.0 Å². The minimum atomic E-state index is -0.743. The number of carbonyl (C=O) groups excluding carboxylic acids is 1. The number of nitrogens with zero attached hydrogens (tertiary/aromatic N) is 1. The van der Waals surface area contributed by atoms with Crippen molar-refractivity contribution in [2.75, 3.05) is 13.2 Å². The maximum Gasteiger partial charge on any atom is 0.338 e. The molecular weight excluding hydrogens is 420 g/mol. The summed E-state index contributed by atoms with van der Waals surface area (Å²) in [6.07, 6.45) is 0. The van der Waals surface area contributed by atoms with E-state index >= 15 is 0 Å². The molecule has 1 heterocycles. The van der Waals surface area contributed by atoms with Gasteiger partial charge < -0.3 is 24.7 Å². The van der Waals surface area contributed by atoms with Crippen LogP contribution < -0.4 is 15.2 Å². The van der Waals surface area contributed by atoms with Crippen LogP contribution in [-0.2, 0) is 20.9 Å². The highest BCUT2D eigenvalue weighted by Crippen LogP contribution is 2.42. The van der Waals surface area contributed by atoms with Gasteiger partial charge in [0.2, 0.25) is 5.88 Å². The fourth-order valence-electron chi connectivity index (χ4n) is 3.74. The van der Waals surface area contributed by atoms with E-state index in [1.54, 1.807) is 32.0 Å². The van der Waals surface area contributed by atoms with Gasteiger partial charge in [-0.1, -0.05) is 35.9 Å². The average molecular weight is 449 g/mol. The summed E-state index contributed by atoms with van der Waals surface area (Å²) in [5.74, 6) is 0.0261. The van der Waals surface area contributed by atoms with Crippen molar-refractivity contribution in [3.8, 4) is 17.6 Å².